The Morgan fingerprint density at radius 1 is 1.00 bits per heavy atom. The maximum absolute atomic E-state index is 12.0. The standard InChI is InChI=1S/C21H22Cl2O7/c1-28-18(29-2)11-21(19(24)25,20(26)27)10-15-16(22)8-14(9-17(15)23)30-12-13-6-4-3-5-7-13/h3-9,18H,10-12H2,1-2H3,(H,24,25)(H,26,27). The predicted molar refractivity (Wildman–Crippen MR) is 111 cm³/mol. The smallest absolute Gasteiger partial charge is 0.321 e. The van der Waals surface area contributed by atoms with E-state index in [1.807, 2.05) is 30.3 Å². The van der Waals surface area contributed by atoms with Crippen LogP contribution in [0.4, 0.5) is 0 Å². The zero-order chi connectivity index (χ0) is 22.3. The lowest BCUT2D eigenvalue weighted by molar-refractivity contribution is -0.178. The van der Waals surface area contributed by atoms with E-state index in [1.54, 1.807) is 0 Å². The fourth-order valence-electron chi connectivity index (χ4n) is 2.91. The molecule has 162 valence electrons. The number of carbonyl (C=O) groups is 2. The number of halogens is 2. The van der Waals surface area contributed by atoms with E-state index in [0.29, 0.717) is 5.75 Å². The number of carboxylic acids is 2. The molecule has 2 aromatic carbocycles. The molecule has 0 saturated heterocycles. The van der Waals surface area contributed by atoms with Crippen LogP contribution >= 0.6 is 23.2 Å². The SMILES string of the molecule is COC(CC(Cc1c(Cl)cc(OCc2ccccc2)cc1Cl)(C(=O)O)C(=O)O)OC. The number of benzene rings is 2. The molecular weight excluding hydrogens is 435 g/mol. The molecule has 2 aromatic rings. The first-order chi connectivity index (χ1) is 14.2. The summed E-state index contributed by atoms with van der Waals surface area (Å²) < 4.78 is 15.7. The highest BCUT2D eigenvalue weighted by molar-refractivity contribution is 6.36. The second-order valence-corrected chi connectivity index (χ2v) is 7.43. The zero-order valence-electron chi connectivity index (χ0n) is 16.4. The summed E-state index contributed by atoms with van der Waals surface area (Å²) in [4.78, 5) is 24.0. The van der Waals surface area contributed by atoms with Gasteiger partial charge in [0, 0.05) is 37.1 Å². The van der Waals surface area contributed by atoms with Crippen LogP contribution in [0, 0.1) is 5.41 Å². The molecule has 0 bridgehead atoms. The first-order valence-electron chi connectivity index (χ1n) is 8.90. The molecular formula is C21H22Cl2O7. The third-order valence-corrected chi connectivity index (χ3v) is 5.38. The Morgan fingerprint density at radius 3 is 2.00 bits per heavy atom. The summed E-state index contributed by atoms with van der Waals surface area (Å²) in [5.41, 5.74) is -1.13. The summed E-state index contributed by atoms with van der Waals surface area (Å²) in [5, 5.41) is 19.7. The lowest BCUT2D eigenvalue weighted by Crippen LogP contribution is -2.44. The van der Waals surface area contributed by atoms with Crippen molar-refractivity contribution in [3.8, 4) is 5.75 Å². The third-order valence-electron chi connectivity index (χ3n) is 4.70. The molecule has 0 spiro atoms. The fraction of sp³-hybridized carbons (Fsp3) is 0.333. The molecule has 0 aliphatic heterocycles. The minimum atomic E-state index is -2.25. The number of hydrogen-bond acceptors (Lipinski definition) is 5. The second-order valence-electron chi connectivity index (χ2n) is 6.61. The Bertz CT molecular complexity index is 845. The van der Waals surface area contributed by atoms with Gasteiger partial charge in [0.2, 0.25) is 0 Å². The van der Waals surface area contributed by atoms with Crippen molar-refractivity contribution in [1.29, 1.82) is 0 Å². The number of hydrogen-bond donors (Lipinski definition) is 2. The van der Waals surface area contributed by atoms with Gasteiger partial charge in [-0.3, -0.25) is 9.59 Å². The van der Waals surface area contributed by atoms with Gasteiger partial charge in [0.15, 0.2) is 11.7 Å². The molecule has 0 atom stereocenters. The van der Waals surface area contributed by atoms with Crippen molar-refractivity contribution in [2.24, 2.45) is 5.41 Å². The van der Waals surface area contributed by atoms with Crippen LogP contribution in [0.3, 0.4) is 0 Å². The number of rotatable bonds is 11. The molecule has 0 fully saturated rings. The van der Waals surface area contributed by atoms with Gasteiger partial charge in [-0.05, 0) is 23.3 Å². The van der Waals surface area contributed by atoms with Crippen molar-refractivity contribution in [2.75, 3.05) is 14.2 Å². The number of aliphatic carboxylic acids is 2. The molecule has 2 rings (SSSR count). The van der Waals surface area contributed by atoms with Crippen LogP contribution in [0.5, 0.6) is 5.75 Å². The van der Waals surface area contributed by atoms with Crippen molar-refractivity contribution in [1.82, 2.24) is 0 Å². The molecule has 0 saturated carbocycles. The highest BCUT2D eigenvalue weighted by Gasteiger charge is 2.49. The van der Waals surface area contributed by atoms with E-state index in [2.05, 4.69) is 0 Å². The maximum Gasteiger partial charge on any atom is 0.321 e. The van der Waals surface area contributed by atoms with E-state index in [9.17, 15) is 19.8 Å². The Labute approximate surface area is 184 Å². The number of carboxylic acid groups (broad SMARTS) is 2. The van der Waals surface area contributed by atoms with Crippen LogP contribution in [-0.4, -0.2) is 42.7 Å². The molecule has 0 unspecified atom stereocenters. The average Bonchev–Trinajstić information content (AvgIpc) is 2.72. The summed E-state index contributed by atoms with van der Waals surface area (Å²) in [5.74, 6) is -2.73. The molecule has 9 heteroatoms. The number of ether oxygens (including phenoxy) is 3. The van der Waals surface area contributed by atoms with Crippen molar-refractivity contribution >= 4 is 35.1 Å². The minimum Gasteiger partial charge on any atom is -0.489 e. The first kappa shape index (κ1) is 24.0. The van der Waals surface area contributed by atoms with Gasteiger partial charge in [-0.2, -0.15) is 0 Å². The van der Waals surface area contributed by atoms with Gasteiger partial charge in [-0.1, -0.05) is 53.5 Å². The first-order valence-corrected chi connectivity index (χ1v) is 9.66. The summed E-state index contributed by atoms with van der Waals surface area (Å²) >= 11 is 12.6. The van der Waals surface area contributed by atoms with Crippen LogP contribution < -0.4 is 4.74 Å². The van der Waals surface area contributed by atoms with Gasteiger partial charge in [-0.15, -0.1) is 0 Å². The number of methoxy groups -OCH3 is 2. The van der Waals surface area contributed by atoms with Gasteiger partial charge in [0.05, 0.1) is 0 Å². The van der Waals surface area contributed by atoms with Gasteiger partial charge in [0.1, 0.15) is 12.4 Å². The molecule has 2 N–H and O–H groups in total. The predicted octanol–water partition coefficient (Wildman–Crippen LogP) is 4.28. The highest BCUT2D eigenvalue weighted by atomic mass is 35.5. The quantitative estimate of drug-likeness (QED) is 0.384. The Hall–Kier alpha value is -2.32. The van der Waals surface area contributed by atoms with E-state index in [0.717, 1.165) is 5.56 Å². The fourth-order valence-corrected chi connectivity index (χ4v) is 3.51. The Balaban J connectivity index is 2.31. The normalized spacial score (nSPS) is 11.5. The van der Waals surface area contributed by atoms with Gasteiger partial charge >= 0.3 is 11.9 Å². The van der Waals surface area contributed by atoms with E-state index in [4.69, 9.17) is 37.4 Å². The molecule has 30 heavy (non-hydrogen) atoms. The van der Waals surface area contributed by atoms with Crippen LogP contribution in [0.15, 0.2) is 42.5 Å². The van der Waals surface area contributed by atoms with E-state index in [1.165, 1.54) is 26.4 Å². The largest absolute Gasteiger partial charge is 0.489 e. The van der Waals surface area contributed by atoms with E-state index < -0.39 is 36.5 Å². The van der Waals surface area contributed by atoms with Crippen LogP contribution in [-0.2, 0) is 32.1 Å². The Kier molecular flexibility index (Phi) is 8.49. The molecule has 0 radical (unpaired) electrons. The molecule has 0 aliphatic rings. The van der Waals surface area contributed by atoms with Crippen molar-refractivity contribution in [3.63, 3.8) is 0 Å². The summed E-state index contributed by atoms with van der Waals surface area (Å²) in [7, 11) is 2.59. The second kappa shape index (κ2) is 10.6. The zero-order valence-corrected chi connectivity index (χ0v) is 17.9. The molecule has 7 nitrogen and oxygen atoms in total. The molecule has 0 amide bonds. The van der Waals surface area contributed by atoms with Crippen molar-refractivity contribution in [2.45, 2.75) is 25.7 Å². The topological polar surface area (TPSA) is 102 Å². The van der Waals surface area contributed by atoms with Crippen molar-refractivity contribution in [3.05, 3.63) is 63.6 Å². The summed E-state index contributed by atoms with van der Waals surface area (Å²) in [6.45, 7) is 0.282. The van der Waals surface area contributed by atoms with Gasteiger partial charge in [0.25, 0.3) is 0 Å². The van der Waals surface area contributed by atoms with E-state index in [-0.39, 0.29) is 22.2 Å². The van der Waals surface area contributed by atoms with Crippen LogP contribution in [0.2, 0.25) is 10.0 Å². The van der Waals surface area contributed by atoms with Crippen LogP contribution in [0.1, 0.15) is 17.5 Å². The monoisotopic (exact) mass is 456 g/mol. The average molecular weight is 457 g/mol. The molecule has 0 aliphatic carbocycles. The summed E-state index contributed by atoms with van der Waals surface area (Å²) in [6, 6.07) is 12.4. The lowest BCUT2D eigenvalue weighted by Gasteiger charge is -2.29. The minimum absolute atomic E-state index is 0.101. The van der Waals surface area contributed by atoms with Gasteiger partial charge < -0.3 is 24.4 Å². The third kappa shape index (κ3) is 5.64. The van der Waals surface area contributed by atoms with Crippen molar-refractivity contribution < 1.29 is 34.0 Å². The van der Waals surface area contributed by atoms with Crippen LogP contribution in [0.25, 0.3) is 0 Å². The maximum atomic E-state index is 12.0. The highest BCUT2D eigenvalue weighted by Crippen LogP contribution is 2.38. The summed E-state index contributed by atoms with van der Waals surface area (Å²) in [6.07, 6.45) is -1.94. The van der Waals surface area contributed by atoms with E-state index >= 15 is 0 Å². The van der Waals surface area contributed by atoms with Gasteiger partial charge in [-0.25, -0.2) is 0 Å². The molecule has 0 aromatic heterocycles. The molecule has 0 heterocycles. The Morgan fingerprint density at radius 2 is 1.53 bits per heavy atom. The lowest BCUT2D eigenvalue weighted by atomic mass is 9.78.